The van der Waals surface area contributed by atoms with Gasteiger partial charge in [-0.1, -0.05) is 44.4 Å². The highest BCUT2D eigenvalue weighted by Crippen LogP contribution is 2.42. The van der Waals surface area contributed by atoms with E-state index in [-0.39, 0.29) is 5.97 Å². The van der Waals surface area contributed by atoms with Crippen LogP contribution >= 0.6 is 0 Å². The molecule has 0 atom stereocenters. The fraction of sp³-hybridized carbons (Fsp3) is 0.375. The van der Waals surface area contributed by atoms with Crippen LogP contribution in [0.2, 0.25) is 0 Å². The third kappa shape index (κ3) is 5.87. The molecule has 2 aromatic carbocycles. The molecule has 0 radical (unpaired) electrons. The summed E-state index contributed by atoms with van der Waals surface area (Å²) >= 11 is 0. The molecule has 0 unspecified atom stereocenters. The van der Waals surface area contributed by atoms with Gasteiger partial charge in [-0.3, -0.25) is 0 Å². The first kappa shape index (κ1) is 26.5. The maximum atomic E-state index is 13.2. The average Bonchev–Trinajstić information content (AvgIpc) is 2.92. The van der Waals surface area contributed by atoms with Gasteiger partial charge in [-0.15, -0.1) is 0 Å². The van der Waals surface area contributed by atoms with E-state index < -0.39 is 0 Å². The Morgan fingerprint density at radius 3 is 2.43 bits per heavy atom. The van der Waals surface area contributed by atoms with Gasteiger partial charge in [0, 0.05) is 28.6 Å². The topological polar surface area (TPSA) is 51.7 Å². The smallest absolute Gasteiger partial charge is 0.338 e. The molecule has 0 bridgehead atoms. The van der Waals surface area contributed by atoms with Crippen molar-refractivity contribution in [2.24, 2.45) is 0 Å². The number of benzene rings is 3. The number of carbonyl (C=O) groups is 1. The molecule has 1 aliphatic carbocycles. The summed E-state index contributed by atoms with van der Waals surface area (Å²) in [6, 6.07) is 19.9. The standard InChI is InChI=1S/C32H38NO4/c1-5-9-10-13-20-36-32(34)26-15-12-11-14-25(26)31-27-18-16-23(33(6-2)7-3)21-29(27)37-30-22-24(35-8-4)17-19-28(30)31/h11-12,14-19,21-22H,5-10,13,20H2,1-4H3/q+1. The predicted octanol–water partition coefficient (Wildman–Crippen LogP) is 7.15. The maximum absolute atomic E-state index is 13.2. The van der Waals surface area contributed by atoms with Crippen LogP contribution in [0.3, 0.4) is 0 Å². The molecule has 37 heavy (non-hydrogen) atoms. The Labute approximate surface area is 219 Å². The van der Waals surface area contributed by atoms with E-state index in [0.717, 1.165) is 77.7 Å². The minimum atomic E-state index is -0.292. The molecule has 0 amide bonds. The third-order valence-electron chi connectivity index (χ3n) is 6.76. The highest BCUT2D eigenvalue weighted by molar-refractivity contribution is 6.07. The molecule has 4 rings (SSSR count). The number of esters is 1. The van der Waals surface area contributed by atoms with E-state index in [1.54, 1.807) is 0 Å². The second-order valence-corrected chi connectivity index (χ2v) is 9.16. The van der Waals surface area contributed by atoms with Gasteiger partial charge in [-0.05, 0) is 57.0 Å². The second kappa shape index (κ2) is 12.6. The number of carbonyl (C=O) groups excluding carboxylic acids is 1. The number of ether oxygens (including phenoxy) is 2. The Morgan fingerprint density at radius 1 is 0.865 bits per heavy atom. The van der Waals surface area contributed by atoms with Crippen molar-refractivity contribution < 1.29 is 18.7 Å². The van der Waals surface area contributed by atoms with Gasteiger partial charge in [0.2, 0.25) is 5.36 Å². The number of unbranched alkanes of at least 4 members (excludes halogenated alkanes) is 3. The lowest BCUT2D eigenvalue weighted by atomic mass is 9.90. The summed E-state index contributed by atoms with van der Waals surface area (Å²) in [5.41, 5.74) is 4.03. The van der Waals surface area contributed by atoms with Crippen molar-refractivity contribution in [2.45, 2.75) is 53.4 Å². The SMILES string of the molecule is CCCCCCOC(=O)c1ccccc1-c1c2ccc(=[N+](CC)CC)cc-2oc2cc(OCC)ccc12. The van der Waals surface area contributed by atoms with Crippen LogP contribution in [-0.2, 0) is 4.74 Å². The van der Waals surface area contributed by atoms with Crippen molar-refractivity contribution in [1.29, 1.82) is 0 Å². The number of hydrogen-bond acceptors (Lipinski definition) is 4. The molecule has 0 saturated heterocycles. The van der Waals surface area contributed by atoms with Crippen LogP contribution in [0.4, 0.5) is 0 Å². The first-order valence-corrected chi connectivity index (χ1v) is 13.6. The molecule has 2 aliphatic rings. The molecule has 0 aromatic heterocycles. The Balaban J connectivity index is 1.90. The van der Waals surface area contributed by atoms with E-state index in [2.05, 4.69) is 43.5 Å². The first-order valence-electron chi connectivity index (χ1n) is 13.6. The lowest BCUT2D eigenvalue weighted by Crippen LogP contribution is -2.29. The summed E-state index contributed by atoms with van der Waals surface area (Å²) in [5, 5.41) is 2.03. The minimum absolute atomic E-state index is 0.292. The molecular formula is C32H38NO4+. The maximum Gasteiger partial charge on any atom is 0.338 e. The van der Waals surface area contributed by atoms with Gasteiger partial charge in [0.25, 0.3) is 0 Å². The highest BCUT2D eigenvalue weighted by Gasteiger charge is 2.23. The van der Waals surface area contributed by atoms with E-state index in [1.165, 1.54) is 0 Å². The van der Waals surface area contributed by atoms with Gasteiger partial charge in [0.05, 0.1) is 24.8 Å². The Morgan fingerprint density at radius 2 is 1.68 bits per heavy atom. The van der Waals surface area contributed by atoms with Crippen LogP contribution in [0, 0.1) is 0 Å². The van der Waals surface area contributed by atoms with Crippen molar-refractivity contribution in [2.75, 3.05) is 26.3 Å². The van der Waals surface area contributed by atoms with E-state index in [9.17, 15) is 4.79 Å². The van der Waals surface area contributed by atoms with Gasteiger partial charge in [0.1, 0.15) is 30.2 Å². The molecule has 0 fully saturated rings. The van der Waals surface area contributed by atoms with E-state index in [0.29, 0.717) is 24.4 Å². The zero-order chi connectivity index (χ0) is 26.2. The van der Waals surface area contributed by atoms with Crippen LogP contribution in [-0.4, -0.2) is 32.3 Å². The molecule has 194 valence electrons. The van der Waals surface area contributed by atoms with E-state index >= 15 is 0 Å². The largest absolute Gasteiger partial charge is 0.494 e. The molecule has 5 nitrogen and oxygen atoms in total. The number of fused-ring (bicyclic) bond motifs is 2. The Kier molecular flexibility index (Phi) is 8.99. The van der Waals surface area contributed by atoms with Crippen LogP contribution in [0.15, 0.2) is 65.1 Å². The van der Waals surface area contributed by atoms with Crippen LogP contribution in [0.1, 0.15) is 63.7 Å². The number of nitrogens with zero attached hydrogens (tertiary/aromatic N) is 1. The van der Waals surface area contributed by atoms with Crippen molar-refractivity contribution in [3.63, 3.8) is 0 Å². The van der Waals surface area contributed by atoms with Crippen molar-refractivity contribution in [3.05, 3.63) is 71.6 Å². The lowest BCUT2D eigenvalue weighted by molar-refractivity contribution is 0.0498. The van der Waals surface area contributed by atoms with E-state index in [4.69, 9.17) is 13.9 Å². The molecule has 1 heterocycles. The Hall–Kier alpha value is -3.60. The fourth-order valence-electron chi connectivity index (χ4n) is 4.84. The summed E-state index contributed by atoms with van der Waals surface area (Å²) in [4.78, 5) is 13.2. The van der Waals surface area contributed by atoms with Gasteiger partial charge in [-0.25, -0.2) is 9.37 Å². The fourth-order valence-corrected chi connectivity index (χ4v) is 4.84. The normalized spacial score (nSPS) is 11.1. The van der Waals surface area contributed by atoms with Gasteiger partial charge >= 0.3 is 5.97 Å². The molecule has 0 saturated carbocycles. The predicted molar refractivity (Wildman–Crippen MR) is 150 cm³/mol. The highest BCUT2D eigenvalue weighted by atomic mass is 16.5. The van der Waals surface area contributed by atoms with E-state index in [1.807, 2.05) is 49.4 Å². The van der Waals surface area contributed by atoms with Crippen molar-refractivity contribution in [3.8, 4) is 28.2 Å². The quantitative estimate of drug-likeness (QED) is 0.0949. The Bertz CT molecular complexity index is 1400. The van der Waals surface area contributed by atoms with Gasteiger partial charge in [-0.2, -0.15) is 0 Å². The van der Waals surface area contributed by atoms with Crippen LogP contribution < -0.4 is 14.7 Å². The second-order valence-electron chi connectivity index (χ2n) is 9.16. The lowest BCUT2D eigenvalue weighted by Gasteiger charge is -2.18. The molecule has 0 spiro atoms. The molecule has 1 aliphatic heterocycles. The number of hydrogen-bond donors (Lipinski definition) is 0. The third-order valence-corrected chi connectivity index (χ3v) is 6.76. The summed E-state index contributed by atoms with van der Waals surface area (Å²) in [6.45, 7) is 11.3. The monoisotopic (exact) mass is 500 g/mol. The van der Waals surface area contributed by atoms with Crippen LogP contribution in [0.5, 0.6) is 5.75 Å². The summed E-state index contributed by atoms with van der Waals surface area (Å²) in [5.74, 6) is 1.23. The number of rotatable bonds is 11. The average molecular weight is 501 g/mol. The minimum Gasteiger partial charge on any atom is -0.494 e. The van der Waals surface area contributed by atoms with Crippen molar-refractivity contribution >= 4 is 16.9 Å². The summed E-state index contributed by atoms with van der Waals surface area (Å²) < 4.78 is 20.2. The summed E-state index contributed by atoms with van der Waals surface area (Å²) in [7, 11) is 0. The molecule has 2 aromatic rings. The summed E-state index contributed by atoms with van der Waals surface area (Å²) in [6.07, 6.45) is 4.25. The molecule has 0 N–H and O–H groups in total. The zero-order valence-electron chi connectivity index (χ0n) is 22.5. The zero-order valence-corrected chi connectivity index (χ0v) is 22.5. The van der Waals surface area contributed by atoms with Crippen molar-refractivity contribution in [1.82, 2.24) is 4.58 Å². The molecular weight excluding hydrogens is 462 g/mol. The van der Waals surface area contributed by atoms with Gasteiger partial charge < -0.3 is 13.9 Å². The molecule has 5 heteroatoms. The van der Waals surface area contributed by atoms with Crippen LogP contribution in [0.25, 0.3) is 33.4 Å². The van der Waals surface area contributed by atoms with Gasteiger partial charge in [0.15, 0.2) is 0 Å². The first-order chi connectivity index (χ1) is 18.1.